The summed E-state index contributed by atoms with van der Waals surface area (Å²) < 4.78 is 1.56. The fourth-order valence-electron chi connectivity index (χ4n) is 2.86. The lowest BCUT2D eigenvalue weighted by atomic mass is 10.0. The molecule has 0 saturated heterocycles. The smallest absolute Gasteiger partial charge is 0.263 e. The number of carbonyl (C=O) groups excluding carboxylic acids is 1. The summed E-state index contributed by atoms with van der Waals surface area (Å²) in [5.74, 6) is 0.0942. The lowest BCUT2D eigenvalue weighted by Crippen LogP contribution is -2.29. The molecule has 0 bridgehead atoms. The molecule has 0 fully saturated rings. The van der Waals surface area contributed by atoms with Crippen LogP contribution in [0.4, 0.5) is 0 Å². The number of thioether (sulfide) groups is 1. The maximum atomic E-state index is 12.6. The number of allylic oxidation sites excluding steroid dienone is 1. The summed E-state index contributed by atoms with van der Waals surface area (Å²) in [5, 5.41) is 6.01. The molecule has 7 heteroatoms. The van der Waals surface area contributed by atoms with Crippen molar-refractivity contribution in [1.82, 2.24) is 14.9 Å². The van der Waals surface area contributed by atoms with E-state index in [0.717, 1.165) is 5.56 Å². The number of aromatic nitrogens is 2. The highest BCUT2D eigenvalue weighted by Crippen LogP contribution is 2.22. The molecule has 1 aromatic carbocycles. The van der Waals surface area contributed by atoms with Crippen molar-refractivity contribution in [3.63, 3.8) is 0 Å². The van der Waals surface area contributed by atoms with Crippen LogP contribution in [0.25, 0.3) is 10.2 Å². The van der Waals surface area contributed by atoms with Gasteiger partial charge in [0.2, 0.25) is 5.91 Å². The zero-order valence-corrected chi connectivity index (χ0v) is 17.8. The van der Waals surface area contributed by atoms with Crippen LogP contribution in [0.3, 0.4) is 0 Å². The fourth-order valence-corrected chi connectivity index (χ4v) is 4.49. The normalized spacial score (nSPS) is 12.1. The van der Waals surface area contributed by atoms with Crippen molar-refractivity contribution in [2.45, 2.75) is 38.5 Å². The molecule has 0 aliphatic rings. The van der Waals surface area contributed by atoms with Gasteiger partial charge in [0.25, 0.3) is 5.56 Å². The summed E-state index contributed by atoms with van der Waals surface area (Å²) in [6.07, 6.45) is 1.66. The number of nitrogens with one attached hydrogen (secondary N) is 1. The van der Waals surface area contributed by atoms with Crippen molar-refractivity contribution in [3.8, 4) is 0 Å². The number of nitrogens with zero attached hydrogens (tertiary/aromatic N) is 2. The van der Waals surface area contributed by atoms with Crippen LogP contribution >= 0.6 is 23.1 Å². The number of hydrogen-bond donors (Lipinski definition) is 1. The van der Waals surface area contributed by atoms with Gasteiger partial charge in [0.1, 0.15) is 4.83 Å². The van der Waals surface area contributed by atoms with E-state index in [1.807, 2.05) is 18.4 Å². The first-order valence-electron chi connectivity index (χ1n) is 8.99. The Labute approximate surface area is 172 Å². The fraction of sp³-hybridized carbons (Fsp3) is 0.286. The van der Waals surface area contributed by atoms with Gasteiger partial charge in [-0.2, -0.15) is 0 Å². The average molecular weight is 414 g/mol. The molecule has 3 rings (SSSR count). The van der Waals surface area contributed by atoms with Gasteiger partial charge < -0.3 is 5.32 Å². The molecule has 1 amide bonds. The zero-order chi connectivity index (χ0) is 20.3. The van der Waals surface area contributed by atoms with E-state index < -0.39 is 0 Å². The van der Waals surface area contributed by atoms with Crippen molar-refractivity contribution in [2.75, 3.05) is 5.75 Å². The zero-order valence-electron chi connectivity index (χ0n) is 16.2. The number of fused-ring (bicyclic) bond motifs is 1. The second-order valence-electron chi connectivity index (χ2n) is 6.66. The standard InChI is InChI=1S/C21H23N3O2S2/c1-5-9-24-20(26)17-8-10-27-19(17)23-21(24)28-12-18(25)22-15(4)16-7-6-13(2)14(3)11-16/h5-8,10-11,15H,1,9,12H2,2-4H3,(H,22,25). The first kappa shape index (κ1) is 20.4. The van der Waals surface area contributed by atoms with E-state index in [1.165, 1.54) is 34.2 Å². The second kappa shape index (κ2) is 8.75. The predicted molar refractivity (Wildman–Crippen MR) is 117 cm³/mol. The summed E-state index contributed by atoms with van der Waals surface area (Å²) >= 11 is 2.69. The molecule has 1 atom stereocenters. The van der Waals surface area contributed by atoms with Crippen LogP contribution < -0.4 is 10.9 Å². The Kier molecular flexibility index (Phi) is 6.36. The van der Waals surface area contributed by atoms with Gasteiger partial charge in [0.15, 0.2) is 5.16 Å². The highest BCUT2D eigenvalue weighted by molar-refractivity contribution is 7.99. The highest BCUT2D eigenvalue weighted by Gasteiger charge is 2.15. The first-order chi connectivity index (χ1) is 13.4. The number of benzene rings is 1. The number of rotatable bonds is 7. The summed E-state index contributed by atoms with van der Waals surface area (Å²) in [6.45, 7) is 10.2. The van der Waals surface area contributed by atoms with Crippen molar-refractivity contribution < 1.29 is 4.79 Å². The minimum absolute atomic E-state index is 0.0875. The largest absolute Gasteiger partial charge is 0.349 e. The summed E-state index contributed by atoms with van der Waals surface area (Å²) in [4.78, 5) is 30.3. The lowest BCUT2D eigenvalue weighted by Gasteiger charge is -2.16. The van der Waals surface area contributed by atoms with Crippen LogP contribution in [0.5, 0.6) is 0 Å². The minimum Gasteiger partial charge on any atom is -0.349 e. The lowest BCUT2D eigenvalue weighted by molar-refractivity contribution is -0.119. The third kappa shape index (κ3) is 4.36. The summed E-state index contributed by atoms with van der Waals surface area (Å²) in [6, 6.07) is 7.89. The molecule has 0 aliphatic carbocycles. The first-order valence-corrected chi connectivity index (χ1v) is 10.9. The van der Waals surface area contributed by atoms with Crippen LogP contribution in [0, 0.1) is 13.8 Å². The second-order valence-corrected chi connectivity index (χ2v) is 8.50. The Morgan fingerprint density at radius 2 is 2.14 bits per heavy atom. The van der Waals surface area contributed by atoms with Gasteiger partial charge in [-0.25, -0.2) is 4.98 Å². The number of carbonyl (C=O) groups is 1. The van der Waals surface area contributed by atoms with E-state index in [-0.39, 0.29) is 23.3 Å². The third-order valence-corrected chi connectivity index (χ3v) is 6.38. The molecule has 0 spiro atoms. The monoisotopic (exact) mass is 413 g/mol. The Balaban J connectivity index is 1.71. The minimum atomic E-state index is -0.0995. The predicted octanol–water partition coefficient (Wildman–Crippen LogP) is 4.23. The van der Waals surface area contributed by atoms with Crippen molar-refractivity contribution in [2.24, 2.45) is 0 Å². The number of thiophene rings is 1. The van der Waals surface area contributed by atoms with Gasteiger partial charge >= 0.3 is 0 Å². The van der Waals surface area contributed by atoms with E-state index in [9.17, 15) is 9.59 Å². The molecule has 5 nitrogen and oxygen atoms in total. The number of aryl methyl sites for hydroxylation is 2. The van der Waals surface area contributed by atoms with Crippen LogP contribution in [0.2, 0.25) is 0 Å². The maximum Gasteiger partial charge on any atom is 0.263 e. The Hall–Kier alpha value is -2.38. The van der Waals surface area contributed by atoms with Crippen LogP contribution in [0.15, 0.2) is 52.3 Å². The highest BCUT2D eigenvalue weighted by atomic mass is 32.2. The molecule has 1 N–H and O–H groups in total. The molecular weight excluding hydrogens is 390 g/mol. The molecule has 146 valence electrons. The van der Waals surface area contributed by atoms with Crippen molar-refractivity contribution in [1.29, 1.82) is 0 Å². The van der Waals surface area contributed by atoms with E-state index in [4.69, 9.17) is 0 Å². The molecule has 28 heavy (non-hydrogen) atoms. The van der Waals surface area contributed by atoms with Crippen molar-refractivity contribution >= 4 is 39.2 Å². The van der Waals surface area contributed by atoms with E-state index in [2.05, 4.69) is 42.9 Å². The van der Waals surface area contributed by atoms with Crippen molar-refractivity contribution in [3.05, 3.63) is 69.3 Å². The molecular formula is C21H23N3O2S2. The van der Waals surface area contributed by atoms with Gasteiger partial charge in [-0.15, -0.1) is 17.9 Å². The Morgan fingerprint density at radius 3 is 2.86 bits per heavy atom. The molecule has 3 aromatic rings. The maximum absolute atomic E-state index is 12.6. The van der Waals surface area contributed by atoms with Crippen LogP contribution in [-0.2, 0) is 11.3 Å². The van der Waals surface area contributed by atoms with Crippen LogP contribution in [-0.4, -0.2) is 21.2 Å². The molecule has 1 unspecified atom stereocenters. The molecule has 2 heterocycles. The van der Waals surface area contributed by atoms with Gasteiger partial charge in [0.05, 0.1) is 17.2 Å². The van der Waals surface area contributed by atoms with Gasteiger partial charge in [-0.3, -0.25) is 14.2 Å². The van der Waals surface area contributed by atoms with E-state index >= 15 is 0 Å². The molecule has 0 saturated carbocycles. The van der Waals surface area contributed by atoms with E-state index in [0.29, 0.717) is 21.9 Å². The SMILES string of the molecule is C=CCn1c(SCC(=O)NC(C)c2ccc(C)c(C)c2)nc2sccc2c1=O. The van der Waals surface area contributed by atoms with Gasteiger partial charge in [-0.05, 0) is 48.9 Å². The summed E-state index contributed by atoms with van der Waals surface area (Å²) in [7, 11) is 0. The van der Waals surface area contributed by atoms with Crippen LogP contribution in [0.1, 0.15) is 29.7 Å². The van der Waals surface area contributed by atoms with E-state index in [1.54, 1.807) is 16.7 Å². The average Bonchev–Trinajstić information content (AvgIpc) is 3.13. The molecule has 0 aliphatic heterocycles. The Bertz CT molecular complexity index is 1080. The van der Waals surface area contributed by atoms with Gasteiger partial charge in [-0.1, -0.05) is 36.0 Å². The molecule has 0 radical (unpaired) electrons. The quantitative estimate of drug-likeness (QED) is 0.358. The third-order valence-electron chi connectivity index (χ3n) is 4.60. The van der Waals surface area contributed by atoms with Gasteiger partial charge in [0, 0.05) is 6.54 Å². The number of hydrogen-bond acceptors (Lipinski definition) is 5. The summed E-state index contributed by atoms with van der Waals surface area (Å²) in [5.41, 5.74) is 3.41. The molecule has 2 aromatic heterocycles. The number of amides is 1. The topological polar surface area (TPSA) is 64.0 Å². The Morgan fingerprint density at radius 1 is 1.36 bits per heavy atom.